The van der Waals surface area contributed by atoms with Gasteiger partial charge < -0.3 is 10.1 Å². The SMILES string of the molecule is CC(C)c1[nH]c2cccnc2c1CC(=O)O. The Bertz CT molecular complexity index is 529. The quantitative estimate of drug-likeness (QED) is 0.830. The second kappa shape index (κ2) is 3.96. The second-order valence-electron chi connectivity index (χ2n) is 4.14. The predicted octanol–water partition coefficient (Wildman–Crippen LogP) is 2.31. The van der Waals surface area contributed by atoms with Crippen molar-refractivity contribution in [2.24, 2.45) is 0 Å². The molecule has 0 aliphatic heterocycles. The Morgan fingerprint density at radius 3 is 2.94 bits per heavy atom. The highest BCUT2D eigenvalue weighted by Crippen LogP contribution is 2.26. The summed E-state index contributed by atoms with van der Waals surface area (Å²) in [5.74, 6) is -0.558. The molecule has 0 saturated heterocycles. The van der Waals surface area contributed by atoms with Crippen molar-refractivity contribution in [2.75, 3.05) is 0 Å². The molecule has 2 rings (SSSR count). The third-order valence-corrected chi connectivity index (χ3v) is 2.59. The monoisotopic (exact) mass is 218 g/mol. The van der Waals surface area contributed by atoms with Crippen LogP contribution in [-0.2, 0) is 11.2 Å². The van der Waals surface area contributed by atoms with Crippen LogP contribution in [0.1, 0.15) is 31.0 Å². The van der Waals surface area contributed by atoms with Gasteiger partial charge in [-0.1, -0.05) is 13.8 Å². The highest BCUT2D eigenvalue weighted by molar-refractivity contribution is 5.85. The van der Waals surface area contributed by atoms with E-state index in [4.69, 9.17) is 5.11 Å². The first-order valence-corrected chi connectivity index (χ1v) is 5.27. The number of aromatic nitrogens is 2. The molecule has 0 amide bonds. The van der Waals surface area contributed by atoms with E-state index in [1.54, 1.807) is 6.20 Å². The van der Waals surface area contributed by atoms with E-state index in [1.165, 1.54) is 0 Å². The molecule has 2 aromatic rings. The van der Waals surface area contributed by atoms with E-state index in [9.17, 15) is 4.79 Å². The lowest BCUT2D eigenvalue weighted by Crippen LogP contribution is -2.03. The van der Waals surface area contributed by atoms with Crippen molar-refractivity contribution in [1.29, 1.82) is 0 Å². The lowest BCUT2D eigenvalue weighted by Gasteiger charge is -2.04. The number of hydrogen-bond donors (Lipinski definition) is 2. The number of H-pyrrole nitrogens is 1. The highest BCUT2D eigenvalue weighted by atomic mass is 16.4. The highest BCUT2D eigenvalue weighted by Gasteiger charge is 2.16. The minimum absolute atomic E-state index is 0.0184. The Labute approximate surface area is 93.3 Å². The Hall–Kier alpha value is -1.84. The van der Waals surface area contributed by atoms with Crippen molar-refractivity contribution in [3.05, 3.63) is 29.6 Å². The lowest BCUT2D eigenvalue weighted by atomic mass is 10.0. The third kappa shape index (κ3) is 1.78. The molecule has 0 atom stereocenters. The summed E-state index contributed by atoms with van der Waals surface area (Å²) in [6, 6.07) is 3.76. The van der Waals surface area contributed by atoms with Crippen molar-refractivity contribution in [3.63, 3.8) is 0 Å². The minimum Gasteiger partial charge on any atom is -0.481 e. The smallest absolute Gasteiger partial charge is 0.307 e. The molecule has 2 heterocycles. The largest absolute Gasteiger partial charge is 0.481 e. The van der Waals surface area contributed by atoms with E-state index in [0.29, 0.717) is 0 Å². The number of carboxylic acids is 1. The number of pyridine rings is 1. The first-order chi connectivity index (χ1) is 7.59. The van der Waals surface area contributed by atoms with Gasteiger partial charge in [0.15, 0.2) is 0 Å². The summed E-state index contributed by atoms with van der Waals surface area (Å²) in [4.78, 5) is 18.3. The van der Waals surface area contributed by atoms with Gasteiger partial charge in [-0.3, -0.25) is 9.78 Å². The molecule has 0 aliphatic rings. The van der Waals surface area contributed by atoms with E-state index >= 15 is 0 Å². The van der Waals surface area contributed by atoms with Gasteiger partial charge in [0.1, 0.15) is 0 Å². The Morgan fingerprint density at radius 2 is 2.31 bits per heavy atom. The number of nitrogens with zero attached hydrogens (tertiary/aromatic N) is 1. The standard InChI is InChI=1S/C12H14N2O2/c1-7(2)11-8(6-10(15)16)12-9(14-11)4-3-5-13-12/h3-5,7,14H,6H2,1-2H3,(H,15,16). The fourth-order valence-corrected chi connectivity index (χ4v) is 1.92. The molecule has 16 heavy (non-hydrogen) atoms. The van der Waals surface area contributed by atoms with Crippen LogP contribution in [0.4, 0.5) is 0 Å². The van der Waals surface area contributed by atoms with Crippen LogP contribution in [0, 0.1) is 0 Å². The molecule has 0 aromatic carbocycles. The summed E-state index contributed by atoms with van der Waals surface area (Å²) in [7, 11) is 0. The van der Waals surface area contributed by atoms with Crippen molar-refractivity contribution in [3.8, 4) is 0 Å². The second-order valence-corrected chi connectivity index (χ2v) is 4.14. The van der Waals surface area contributed by atoms with Crippen LogP contribution in [0.3, 0.4) is 0 Å². The summed E-state index contributed by atoms with van der Waals surface area (Å²) in [5, 5.41) is 8.91. The Kier molecular flexibility index (Phi) is 2.64. The molecule has 0 radical (unpaired) electrons. The summed E-state index contributed by atoms with van der Waals surface area (Å²) < 4.78 is 0. The average molecular weight is 218 g/mol. The maximum atomic E-state index is 10.8. The maximum absolute atomic E-state index is 10.8. The van der Waals surface area contributed by atoms with Crippen LogP contribution < -0.4 is 0 Å². The first kappa shape index (κ1) is 10.7. The summed E-state index contributed by atoms with van der Waals surface area (Å²) in [6.45, 7) is 4.08. The summed E-state index contributed by atoms with van der Waals surface area (Å²) in [5.41, 5.74) is 3.45. The number of rotatable bonds is 3. The third-order valence-electron chi connectivity index (χ3n) is 2.59. The number of nitrogens with one attached hydrogen (secondary N) is 1. The van der Waals surface area contributed by atoms with Crippen molar-refractivity contribution in [1.82, 2.24) is 9.97 Å². The molecule has 0 unspecified atom stereocenters. The molecule has 0 saturated carbocycles. The minimum atomic E-state index is -0.826. The van der Waals surface area contributed by atoms with E-state index in [1.807, 2.05) is 26.0 Å². The number of aliphatic carboxylic acids is 1. The van der Waals surface area contributed by atoms with Crippen molar-refractivity contribution >= 4 is 17.0 Å². The molecule has 0 aliphatic carbocycles. The Balaban J connectivity index is 2.64. The fourth-order valence-electron chi connectivity index (χ4n) is 1.92. The number of carbonyl (C=O) groups is 1. The maximum Gasteiger partial charge on any atom is 0.307 e. The van der Waals surface area contributed by atoms with Gasteiger partial charge in [0.25, 0.3) is 0 Å². The van der Waals surface area contributed by atoms with Gasteiger partial charge in [-0.25, -0.2) is 0 Å². The van der Waals surface area contributed by atoms with Gasteiger partial charge in [0.05, 0.1) is 17.5 Å². The van der Waals surface area contributed by atoms with Crippen LogP contribution in [0.5, 0.6) is 0 Å². The van der Waals surface area contributed by atoms with Crippen LogP contribution in [0.15, 0.2) is 18.3 Å². The van der Waals surface area contributed by atoms with Gasteiger partial charge in [-0.15, -0.1) is 0 Å². The molecule has 4 nitrogen and oxygen atoms in total. The van der Waals surface area contributed by atoms with Crippen molar-refractivity contribution < 1.29 is 9.90 Å². The van der Waals surface area contributed by atoms with Crippen LogP contribution in [0.2, 0.25) is 0 Å². The summed E-state index contributed by atoms with van der Waals surface area (Å²) in [6.07, 6.45) is 1.70. The zero-order valence-electron chi connectivity index (χ0n) is 9.32. The van der Waals surface area contributed by atoms with E-state index < -0.39 is 5.97 Å². The number of carboxylic acid groups (broad SMARTS) is 1. The van der Waals surface area contributed by atoms with Crippen molar-refractivity contribution in [2.45, 2.75) is 26.2 Å². The molecule has 2 aromatic heterocycles. The molecular weight excluding hydrogens is 204 g/mol. The van der Waals surface area contributed by atoms with Gasteiger partial charge in [-0.05, 0) is 18.1 Å². The molecule has 84 valence electrons. The molecular formula is C12H14N2O2. The normalized spacial score (nSPS) is 11.2. The van der Waals surface area contributed by atoms with Crippen LogP contribution in [0.25, 0.3) is 11.0 Å². The number of aromatic amines is 1. The average Bonchev–Trinajstić information content (AvgIpc) is 2.57. The zero-order valence-corrected chi connectivity index (χ0v) is 9.32. The molecule has 2 N–H and O–H groups in total. The van der Waals surface area contributed by atoms with Crippen LogP contribution >= 0.6 is 0 Å². The molecule has 4 heteroatoms. The first-order valence-electron chi connectivity index (χ1n) is 5.27. The van der Waals surface area contributed by atoms with Gasteiger partial charge in [0, 0.05) is 17.5 Å². The van der Waals surface area contributed by atoms with E-state index in [-0.39, 0.29) is 12.3 Å². The van der Waals surface area contributed by atoms with Gasteiger partial charge >= 0.3 is 5.97 Å². The number of fused-ring (bicyclic) bond motifs is 1. The van der Waals surface area contributed by atoms with E-state index in [2.05, 4.69) is 9.97 Å². The van der Waals surface area contributed by atoms with Gasteiger partial charge in [0.2, 0.25) is 0 Å². The number of hydrogen-bond acceptors (Lipinski definition) is 2. The van der Waals surface area contributed by atoms with Crippen LogP contribution in [-0.4, -0.2) is 21.0 Å². The summed E-state index contributed by atoms with van der Waals surface area (Å²) >= 11 is 0. The predicted molar refractivity (Wildman–Crippen MR) is 61.5 cm³/mol. The van der Waals surface area contributed by atoms with E-state index in [0.717, 1.165) is 22.3 Å². The Morgan fingerprint density at radius 1 is 1.56 bits per heavy atom. The lowest BCUT2D eigenvalue weighted by molar-refractivity contribution is -0.136. The zero-order chi connectivity index (χ0) is 11.7. The topological polar surface area (TPSA) is 66.0 Å². The fraction of sp³-hybridized carbons (Fsp3) is 0.333. The molecule has 0 bridgehead atoms. The van der Waals surface area contributed by atoms with Gasteiger partial charge in [-0.2, -0.15) is 0 Å². The molecule has 0 spiro atoms. The molecule has 0 fully saturated rings.